The zero-order chi connectivity index (χ0) is 18.5. The first kappa shape index (κ1) is 18.8. The monoisotopic (exact) mass is 372 g/mol. The van der Waals surface area contributed by atoms with Crippen LogP contribution >= 0.6 is 11.3 Å². The molecule has 6 heteroatoms. The number of carbonyl (C=O) groups excluding carboxylic acids is 2. The van der Waals surface area contributed by atoms with Crippen LogP contribution in [0.1, 0.15) is 27.7 Å². The molecule has 1 atom stereocenters. The molecule has 0 saturated carbocycles. The van der Waals surface area contributed by atoms with Gasteiger partial charge in [-0.25, -0.2) is 0 Å². The van der Waals surface area contributed by atoms with Crippen molar-refractivity contribution in [3.8, 4) is 0 Å². The fraction of sp³-hybridized carbons (Fsp3) is 0.400. The smallest absolute Gasteiger partial charge is 0.227 e. The SMILES string of the molecule is CC(=O)c1cc(CC(=O)N2CCN(Cc3ccccc3)CC(O)C2)cs1. The molecule has 2 aromatic rings. The first-order valence-corrected chi connectivity index (χ1v) is 9.69. The van der Waals surface area contributed by atoms with Crippen LogP contribution in [0.4, 0.5) is 0 Å². The van der Waals surface area contributed by atoms with Gasteiger partial charge in [-0.15, -0.1) is 11.3 Å². The molecule has 1 aliphatic rings. The molecular weight excluding hydrogens is 348 g/mol. The van der Waals surface area contributed by atoms with E-state index >= 15 is 0 Å². The minimum atomic E-state index is -0.555. The molecule has 0 spiro atoms. The van der Waals surface area contributed by atoms with E-state index in [1.807, 2.05) is 23.6 Å². The Bertz CT molecular complexity index is 759. The average Bonchev–Trinajstić information content (AvgIpc) is 2.99. The highest BCUT2D eigenvalue weighted by Gasteiger charge is 2.24. The molecule has 0 bridgehead atoms. The second-order valence-corrected chi connectivity index (χ2v) is 7.68. The van der Waals surface area contributed by atoms with Crippen LogP contribution in [0.15, 0.2) is 41.8 Å². The van der Waals surface area contributed by atoms with Crippen LogP contribution in [0.3, 0.4) is 0 Å². The summed E-state index contributed by atoms with van der Waals surface area (Å²) >= 11 is 1.37. The maximum atomic E-state index is 12.6. The van der Waals surface area contributed by atoms with Gasteiger partial charge in [0, 0.05) is 32.7 Å². The van der Waals surface area contributed by atoms with Gasteiger partial charge in [0.2, 0.25) is 5.91 Å². The molecule has 1 aromatic heterocycles. The number of amides is 1. The van der Waals surface area contributed by atoms with E-state index in [4.69, 9.17) is 0 Å². The molecule has 0 radical (unpaired) electrons. The van der Waals surface area contributed by atoms with Gasteiger partial charge in [-0.3, -0.25) is 14.5 Å². The molecular formula is C20H24N2O3S. The minimum absolute atomic E-state index is 0.00138. The van der Waals surface area contributed by atoms with E-state index in [1.165, 1.54) is 23.8 Å². The van der Waals surface area contributed by atoms with Gasteiger partial charge in [0.15, 0.2) is 5.78 Å². The van der Waals surface area contributed by atoms with Gasteiger partial charge in [-0.1, -0.05) is 30.3 Å². The predicted molar refractivity (Wildman–Crippen MR) is 102 cm³/mol. The summed E-state index contributed by atoms with van der Waals surface area (Å²) in [4.78, 5) is 28.6. The normalized spacial score (nSPS) is 18.5. The van der Waals surface area contributed by atoms with Crippen LogP contribution in [0.25, 0.3) is 0 Å². The summed E-state index contributed by atoms with van der Waals surface area (Å²) in [6.45, 7) is 4.56. The number of aliphatic hydroxyl groups excluding tert-OH is 1. The van der Waals surface area contributed by atoms with Crippen molar-refractivity contribution in [3.63, 3.8) is 0 Å². The maximum absolute atomic E-state index is 12.6. The molecule has 0 aliphatic carbocycles. The average molecular weight is 372 g/mol. The van der Waals surface area contributed by atoms with Crippen LogP contribution in [0, 0.1) is 0 Å². The summed E-state index contributed by atoms with van der Waals surface area (Å²) in [7, 11) is 0. The van der Waals surface area contributed by atoms with E-state index in [0.29, 0.717) is 24.5 Å². The Morgan fingerprint density at radius 3 is 2.62 bits per heavy atom. The molecule has 1 fully saturated rings. The highest BCUT2D eigenvalue weighted by atomic mass is 32.1. The summed E-state index contributed by atoms with van der Waals surface area (Å²) in [6, 6.07) is 11.9. The van der Waals surface area contributed by atoms with Crippen LogP contribution in [0.5, 0.6) is 0 Å². The van der Waals surface area contributed by atoms with Crippen molar-refractivity contribution in [3.05, 3.63) is 57.8 Å². The van der Waals surface area contributed by atoms with E-state index in [-0.39, 0.29) is 18.1 Å². The zero-order valence-corrected chi connectivity index (χ0v) is 15.7. The van der Waals surface area contributed by atoms with E-state index in [0.717, 1.165) is 18.7 Å². The second-order valence-electron chi connectivity index (χ2n) is 6.77. The number of thiophene rings is 1. The van der Waals surface area contributed by atoms with Crippen molar-refractivity contribution < 1.29 is 14.7 Å². The third-order valence-corrected chi connectivity index (χ3v) is 5.62. The third kappa shape index (κ3) is 5.00. The summed E-state index contributed by atoms with van der Waals surface area (Å²) in [5.41, 5.74) is 2.07. The molecule has 26 heavy (non-hydrogen) atoms. The Morgan fingerprint density at radius 1 is 1.15 bits per heavy atom. The van der Waals surface area contributed by atoms with Crippen molar-refractivity contribution in [1.29, 1.82) is 0 Å². The Labute approximate surface area is 157 Å². The zero-order valence-electron chi connectivity index (χ0n) is 14.9. The fourth-order valence-electron chi connectivity index (χ4n) is 3.21. The van der Waals surface area contributed by atoms with Crippen molar-refractivity contribution in [2.75, 3.05) is 26.2 Å². The van der Waals surface area contributed by atoms with Gasteiger partial charge in [0.05, 0.1) is 17.4 Å². The lowest BCUT2D eigenvalue weighted by Crippen LogP contribution is -2.38. The van der Waals surface area contributed by atoms with Gasteiger partial charge in [-0.05, 0) is 29.5 Å². The molecule has 5 nitrogen and oxygen atoms in total. The molecule has 1 aliphatic heterocycles. The summed E-state index contributed by atoms with van der Waals surface area (Å²) < 4.78 is 0. The molecule has 1 amide bonds. The Balaban J connectivity index is 1.58. The highest BCUT2D eigenvalue weighted by molar-refractivity contribution is 7.12. The van der Waals surface area contributed by atoms with E-state index in [2.05, 4.69) is 17.0 Å². The quantitative estimate of drug-likeness (QED) is 0.818. The Hall–Kier alpha value is -2.02. The van der Waals surface area contributed by atoms with Crippen molar-refractivity contribution in [2.45, 2.75) is 26.0 Å². The van der Waals surface area contributed by atoms with Crippen molar-refractivity contribution >= 4 is 23.0 Å². The minimum Gasteiger partial charge on any atom is -0.390 e. The molecule has 2 heterocycles. The number of ketones is 1. The molecule has 1 unspecified atom stereocenters. The number of aliphatic hydroxyl groups is 1. The Kier molecular flexibility index (Phi) is 6.19. The van der Waals surface area contributed by atoms with E-state index in [9.17, 15) is 14.7 Å². The molecule has 1 saturated heterocycles. The number of hydrogen-bond acceptors (Lipinski definition) is 5. The van der Waals surface area contributed by atoms with Crippen molar-refractivity contribution in [2.24, 2.45) is 0 Å². The van der Waals surface area contributed by atoms with Gasteiger partial charge in [0.25, 0.3) is 0 Å². The van der Waals surface area contributed by atoms with Gasteiger partial charge < -0.3 is 10.0 Å². The molecule has 138 valence electrons. The first-order chi connectivity index (χ1) is 12.5. The first-order valence-electron chi connectivity index (χ1n) is 8.81. The van der Waals surface area contributed by atoms with Crippen LogP contribution < -0.4 is 0 Å². The number of nitrogens with zero attached hydrogens (tertiary/aromatic N) is 2. The van der Waals surface area contributed by atoms with Gasteiger partial charge in [0.1, 0.15) is 0 Å². The molecule has 1 aromatic carbocycles. The molecule has 1 N–H and O–H groups in total. The van der Waals surface area contributed by atoms with Gasteiger partial charge in [-0.2, -0.15) is 0 Å². The second kappa shape index (κ2) is 8.58. The third-order valence-electron chi connectivity index (χ3n) is 4.54. The molecule has 3 rings (SSSR count). The standard InChI is InChI=1S/C20H24N2O3S/c1-15(23)19-9-17(14-26-19)10-20(25)22-8-7-21(12-18(24)13-22)11-16-5-3-2-4-6-16/h2-6,9,14,18,24H,7-8,10-13H2,1H3. The Morgan fingerprint density at radius 2 is 1.92 bits per heavy atom. The van der Waals surface area contributed by atoms with E-state index in [1.54, 1.807) is 11.0 Å². The van der Waals surface area contributed by atoms with E-state index < -0.39 is 6.10 Å². The highest BCUT2D eigenvalue weighted by Crippen LogP contribution is 2.17. The number of benzene rings is 1. The maximum Gasteiger partial charge on any atom is 0.227 e. The van der Waals surface area contributed by atoms with Crippen LogP contribution in [-0.4, -0.2) is 58.9 Å². The lowest BCUT2D eigenvalue weighted by Gasteiger charge is -2.21. The fourth-order valence-corrected chi connectivity index (χ4v) is 4.02. The summed E-state index contributed by atoms with van der Waals surface area (Å²) in [6.07, 6.45) is -0.282. The summed E-state index contributed by atoms with van der Waals surface area (Å²) in [5.74, 6) is 0.0222. The lowest BCUT2D eigenvalue weighted by molar-refractivity contribution is -0.131. The number of hydrogen-bond donors (Lipinski definition) is 1. The summed E-state index contributed by atoms with van der Waals surface area (Å²) in [5, 5.41) is 12.2. The number of rotatable bonds is 5. The van der Waals surface area contributed by atoms with Crippen LogP contribution in [-0.2, 0) is 17.8 Å². The number of β-amino-alcohol motifs (C(OH)–C–C–N with tert-alkyl or cyclic N) is 1. The van der Waals surface area contributed by atoms with Crippen LogP contribution in [0.2, 0.25) is 0 Å². The van der Waals surface area contributed by atoms with Gasteiger partial charge >= 0.3 is 0 Å². The lowest BCUT2D eigenvalue weighted by atomic mass is 10.2. The number of Topliss-reactive ketones (excluding diaryl/α,β-unsaturated/α-hetero) is 1. The predicted octanol–water partition coefficient (Wildman–Crippen LogP) is 2.20. The largest absolute Gasteiger partial charge is 0.390 e. The van der Waals surface area contributed by atoms with Crippen molar-refractivity contribution in [1.82, 2.24) is 9.80 Å². The topological polar surface area (TPSA) is 60.9 Å². The number of carbonyl (C=O) groups is 2.